The van der Waals surface area contributed by atoms with Gasteiger partial charge in [0.25, 0.3) is 0 Å². The van der Waals surface area contributed by atoms with Gasteiger partial charge in [0, 0.05) is 11.7 Å². The second-order valence-electron chi connectivity index (χ2n) is 3.77. The summed E-state index contributed by atoms with van der Waals surface area (Å²) in [5.74, 6) is 0. The van der Waals surface area contributed by atoms with Crippen molar-refractivity contribution in [1.29, 1.82) is 0 Å². The minimum Gasteiger partial charge on any atom is -0.383 e. The largest absolute Gasteiger partial charge is 0.383 e. The van der Waals surface area contributed by atoms with Crippen LogP contribution in [0.15, 0.2) is 24.3 Å². The number of rotatable bonds is 3. The number of nitrogens with one attached hydrogen (secondary N) is 2. The number of hydrogen-bond donors (Lipinski definition) is 2. The molecule has 0 fully saturated rings. The van der Waals surface area contributed by atoms with Crippen molar-refractivity contribution in [2.24, 2.45) is 0 Å². The van der Waals surface area contributed by atoms with Gasteiger partial charge in [0.2, 0.25) is 4.77 Å². The summed E-state index contributed by atoms with van der Waals surface area (Å²) < 4.78 is 2.07. The van der Waals surface area contributed by atoms with Crippen LogP contribution in [0.3, 0.4) is 0 Å². The summed E-state index contributed by atoms with van der Waals surface area (Å²) in [7, 11) is 0. The zero-order chi connectivity index (χ0) is 11.5. The van der Waals surface area contributed by atoms with Gasteiger partial charge < -0.3 is 5.32 Å². The quantitative estimate of drug-likeness (QED) is 0.800. The van der Waals surface area contributed by atoms with E-state index in [-0.39, 0.29) is 0 Å². The first-order valence-electron chi connectivity index (χ1n) is 5.04. The summed E-state index contributed by atoms with van der Waals surface area (Å²) in [4.78, 5) is 0. The van der Waals surface area contributed by atoms with Gasteiger partial charge in [-0.2, -0.15) is 5.21 Å². The minimum atomic E-state index is 0.392. The maximum absolute atomic E-state index is 5.04. The van der Waals surface area contributed by atoms with Gasteiger partial charge in [-0.1, -0.05) is 16.4 Å². The topological polar surface area (TPSA) is 58.5 Å². The zero-order valence-electron chi connectivity index (χ0n) is 9.14. The van der Waals surface area contributed by atoms with E-state index in [1.807, 2.05) is 24.3 Å². The van der Waals surface area contributed by atoms with E-state index >= 15 is 0 Å². The fraction of sp³-hybridized carbons (Fsp3) is 0.300. The molecule has 0 aliphatic rings. The van der Waals surface area contributed by atoms with Gasteiger partial charge in [0.05, 0.1) is 5.69 Å². The van der Waals surface area contributed by atoms with Crippen molar-refractivity contribution in [2.45, 2.75) is 19.9 Å². The summed E-state index contributed by atoms with van der Waals surface area (Å²) >= 11 is 5.04. The Bertz CT molecular complexity index is 528. The molecule has 6 heteroatoms. The monoisotopic (exact) mass is 235 g/mol. The van der Waals surface area contributed by atoms with Crippen molar-refractivity contribution < 1.29 is 0 Å². The summed E-state index contributed by atoms with van der Waals surface area (Å²) in [5.41, 5.74) is 1.96. The lowest BCUT2D eigenvalue weighted by molar-refractivity contribution is 0.785. The number of nitrogens with zero attached hydrogens (tertiary/aromatic N) is 3. The highest BCUT2D eigenvalue weighted by atomic mass is 32.1. The third-order valence-electron chi connectivity index (χ3n) is 2.03. The number of benzene rings is 1. The molecule has 84 valence electrons. The van der Waals surface area contributed by atoms with Crippen LogP contribution in [-0.4, -0.2) is 26.2 Å². The van der Waals surface area contributed by atoms with Crippen LogP contribution in [0.4, 0.5) is 5.69 Å². The van der Waals surface area contributed by atoms with Crippen molar-refractivity contribution in [1.82, 2.24) is 20.2 Å². The van der Waals surface area contributed by atoms with Gasteiger partial charge in [-0.3, -0.25) is 0 Å². The average Bonchev–Trinajstić information content (AvgIpc) is 2.64. The summed E-state index contributed by atoms with van der Waals surface area (Å²) in [6.07, 6.45) is 0. The molecule has 1 aromatic carbocycles. The van der Waals surface area contributed by atoms with Crippen molar-refractivity contribution in [2.75, 3.05) is 5.32 Å². The Morgan fingerprint density at radius 2 is 2.25 bits per heavy atom. The average molecular weight is 235 g/mol. The summed E-state index contributed by atoms with van der Waals surface area (Å²) in [6, 6.07) is 8.30. The van der Waals surface area contributed by atoms with E-state index in [9.17, 15) is 0 Å². The molecule has 0 saturated carbocycles. The molecule has 0 unspecified atom stereocenters. The number of hydrogen-bond acceptors (Lipinski definition) is 4. The lowest BCUT2D eigenvalue weighted by Crippen LogP contribution is -2.10. The fourth-order valence-electron chi connectivity index (χ4n) is 1.43. The molecule has 5 nitrogen and oxygen atoms in total. The first-order chi connectivity index (χ1) is 7.66. The number of H-pyrrole nitrogens is 1. The lowest BCUT2D eigenvalue weighted by atomic mass is 10.2. The lowest BCUT2D eigenvalue weighted by Gasteiger charge is -2.10. The van der Waals surface area contributed by atoms with Crippen LogP contribution in [0.1, 0.15) is 13.8 Å². The van der Waals surface area contributed by atoms with E-state index in [2.05, 4.69) is 34.7 Å². The van der Waals surface area contributed by atoms with Crippen LogP contribution < -0.4 is 5.32 Å². The van der Waals surface area contributed by atoms with E-state index in [0.29, 0.717) is 10.8 Å². The Kier molecular flexibility index (Phi) is 3.00. The molecule has 0 aliphatic carbocycles. The molecule has 16 heavy (non-hydrogen) atoms. The van der Waals surface area contributed by atoms with Crippen molar-refractivity contribution in [3.63, 3.8) is 0 Å². The van der Waals surface area contributed by atoms with E-state index in [1.165, 1.54) is 0 Å². The molecule has 0 saturated heterocycles. The first-order valence-corrected chi connectivity index (χ1v) is 5.45. The molecular weight excluding hydrogens is 222 g/mol. The maximum Gasteiger partial charge on any atom is 0.242 e. The smallest absolute Gasteiger partial charge is 0.242 e. The van der Waals surface area contributed by atoms with E-state index in [0.717, 1.165) is 11.4 Å². The molecule has 0 spiro atoms. The van der Waals surface area contributed by atoms with Crippen LogP contribution >= 0.6 is 12.2 Å². The predicted molar refractivity (Wildman–Crippen MR) is 65.3 cm³/mol. The molecule has 0 aliphatic heterocycles. The molecule has 1 aromatic heterocycles. The van der Waals surface area contributed by atoms with Crippen LogP contribution in [0.5, 0.6) is 0 Å². The van der Waals surface area contributed by atoms with Crippen LogP contribution in [0, 0.1) is 4.77 Å². The summed E-state index contributed by atoms with van der Waals surface area (Å²) in [5, 5.41) is 13.4. The Labute approximate surface area is 98.5 Å². The van der Waals surface area contributed by atoms with Crippen LogP contribution in [-0.2, 0) is 0 Å². The van der Waals surface area contributed by atoms with Gasteiger partial charge in [-0.25, -0.2) is 4.68 Å². The van der Waals surface area contributed by atoms with E-state index < -0.39 is 0 Å². The van der Waals surface area contributed by atoms with Gasteiger partial charge in [0.1, 0.15) is 0 Å². The van der Waals surface area contributed by atoms with E-state index in [1.54, 1.807) is 4.68 Å². The molecule has 0 radical (unpaired) electrons. The molecule has 0 amide bonds. The number of anilines is 1. The molecular formula is C10H13N5S. The standard InChI is InChI=1S/C10H13N5S/c1-7(2)11-8-4-3-5-9(6-8)15-10(16)12-13-14-15/h3-7,11H,1-2H3,(H,12,14,16). The normalized spacial score (nSPS) is 10.7. The van der Waals surface area contributed by atoms with Gasteiger partial charge in [0.15, 0.2) is 0 Å². The highest BCUT2D eigenvalue weighted by Crippen LogP contribution is 2.14. The third kappa shape index (κ3) is 2.27. The molecule has 0 bridgehead atoms. The van der Waals surface area contributed by atoms with Crippen molar-refractivity contribution >= 4 is 17.9 Å². The molecule has 2 aromatic rings. The van der Waals surface area contributed by atoms with Crippen molar-refractivity contribution in [3.8, 4) is 5.69 Å². The number of aromatic amines is 1. The minimum absolute atomic E-state index is 0.392. The Balaban J connectivity index is 2.36. The summed E-state index contributed by atoms with van der Waals surface area (Å²) in [6.45, 7) is 4.19. The molecule has 0 atom stereocenters. The molecule has 1 heterocycles. The Morgan fingerprint density at radius 1 is 1.44 bits per heavy atom. The highest BCUT2D eigenvalue weighted by Gasteiger charge is 2.01. The zero-order valence-corrected chi connectivity index (χ0v) is 9.95. The van der Waals surface area contributed by atoms with Crippen molar-refractivity contribution in [3.05, 3.63) is 29.0 Å². The van der Waals surface area contributed by atoms with E-state index in [4.69, 9.17) is 12.2 Å². The molecule has 2 N–H and O–H groups in total. The third-order valence-corrected chi connectivity index (χ3v) is 2.30. The highest BCUT2D eigenvalue weighted by molar-refractivity contribution is 7.71. The molecule has 2 rings (SSSR count). The SMILES string of the molecule is CC(C)Nc1cccc(-n2[nH]nnc2=S)c1. The number of aromatic nitrogens is 4. The predicted octanol–water partition coefficient (Wildman–Crippen LogP) is 2.15. The van der Waals surface area contributed by atoms with Gasteiger partial charge >= 0.3 is 0 Å². The van der Waals surface area contributed by atoms with Gasteiger partial charge in [-0.05, 0) is 44.3 Å². The van der Waals surface area contributed by atoms with Crippen LogP contribution in [0.25, 0.3) is 5.69 Å². The van der Waals surface area contributed by atoms with Gasteiger partial charge in [-0.15, -0.1) is 0 Å². The Morgan fingerprint density at radius 3 is 2.88 bits per heavy atom. The maximum atomic E-state index is 5.04. The van der Waals surface area contributed by atoms with Crippen LogP contribution in [0.2, 0.25) is 0 Å². The fourth-order valence-corrected chi connectivity index (χ4v) is 1.62. The number of tetrazole rings is 1. The second kappa shape index (κ2) is 4.44. The first kappa shape index (κ1) is 10.8. The Hall–Kier alpha value is -1.69. The second-order valence-corrected chi connectivity index (χ2v) is 4.13.